The number of ketones is 1. The van der Waals surface area contributed by atoms with Gasteiger partial charge in [0.25, 0.3) is 0 Å². The molecule has 0 aromatic carbocycles. The van der Waals surface area contributed by atoms with Crippen LogP contribution in [0.25, 0.3) is 0 Å². The number of Topliss-reactive ketones (excluding diaryl/α,β-unsaturated/α-hetero) is 1. The average molecular weight is 198 g/mol. The van der Waals surface area contributed by atoms with Crippen LogP contribution in [0.2, 0.25) is 0 Å². The molecule has 0 spiro atoms. The topological polar surface area (TPSA) is 66.5 Å². The number of amides is 2. The number of rotatable bonds is 3. The van der Waals surface area contributed by atoms with Gasteiger partial charge >= 0.3 is 0 Å². The van der Waals surface area contributed by atoms with Crippen molar-refractivity contribution in [3.8, 4) is 0 Å². The highest BCUT2D eigenvalue weighted by Gasteiger charge is 2.20. The minimum absolute atomic E-state index is 0.0568. The molecule has 78 valence electrons. The van der Waals surface area contributed by atoms with Crippen molar-refractivity contribution in [1.82, 2.24) is 10.2 Å². The van der Waals surface area contributed by atoms with E-state index < -0.39 is 0 Å². The average Bonchev–Trinajstić information content (AvgIpc) is 2.23. The van der Waals surface area contributed by atoms with Crippen molar-refractivity contribution in [2.45, 2.75) is 19.8 Å². The third-order valence-corrected chi connectivity index (χ3v) is 2.10. The first kappa shape index (κ1) is 10.7. The first-order valence-corrected chi connectivity index (χ1v) is 4.63. The van der Waals surface area contributed by atoms with Gasteiger partial charge in [-0.1, -0.05) is 0 Å². The van der Waals surface area contributed by atoms with Gasteiger partial charge in [0.2, 0.25) is 11.8 Å². The molecule has 1 aliphatic heterocycles. The van der Waals surface area contributed by atoms with Crippen molar-refractivity contribution in [3.63, 3.8) is 0 Å². The Bertz CT molecular complexity index is 263. The summed E-state index contributed by atoms with van der Waals surface area (Å²) in [7, 11) is 0. The van der Waals surface area contributed by atoms with Gasteiger partial charge in [-0.3, -0.25) is 14.4 Å². The SMILES string of the molecule is CC(=O)CCN1CCNC(=O)CC1=O. The van der Waals surface area contributed by atoms with Gasteiger partial charge in [-0.2, -0.15) is 0 Å². The standard InChI is InChI=1S/C9H14N2O3/c1-7(12)2-4-11-5-3-10-8(13)6-9(11)14/h2-6H2,1H3,(H,10,13). The summed E-state index contributed by atoms with van der Waals surface area (Å²) in [5, 5.41) is 2.61. The molecule has 0 aliphatic carbocycles. The zero-order valence-corrected chi connectivity index (χ0v) is 8.21. The van der Waals surface area contributed by atoms with Gasteiger partial charge in [0.05, 0.1) is 0 Å². The fourth-order valence-electron chi connectivity index (χ4n) is 1.30. The van der Waals surface area contributed by atoms with Crippen LogP contribution < -0.4 is 5.32 Å². The number of carbonyl (C=O) groups is 3. The van der Waals surface area contributed by atoms with Gasteiger partial charge in [-0.05, 0) is 6.92 Å². The number of hydrogen-bond acceptors (Lipinski definition) is 3. The van der Waals surface area contributed by atoms with Gasteiger partial charge in [0.15, 0.2) is 0 Å². The van der Waals surface area contributed by atoms with E-state index in [2.05, 4.69) is 5.32 Å². The minimum Gasteiger partial charge on any atom is -0.354 e. The predicted octanol–water partition coefficient (Wildman–Crippen LogP) is -0.686. The maximum Gasteiger partial charge on any atom is 0.232 e. The molecule has 1 aliphatic rings. The Balaban J connectivity index is 2.46. The molecule has 0 aromatic heterocycles. The fraction of sp³-hybridized carbons (Fsp3) is 0.667. The Kier molecular flexibility index (Phi) is 3.62. The highest BCUT2D eigenvalue weighted by molar-refractivity contribution is 5.97. The van der Waals surface area contributed by atoms with E-state index in [4.69, 9.17) is 0 Å². The summed E-state index contributed by atoms with van der Waals surface area (Å²) in [5.41, 5.74) is 0. The van der Waals surface area contributed by atoms with E-state index in [1.807, 2.05) is 0 Å². The number of hydrogen-bond donors (Lipinski definition) is 1. The number of nitrogens with zero attached hydrogens (tertiary/aromatic N) is 1. The van der Waals surface area contributed by atoms with E-state index >= 15 is 0 Å². The van der Waals surface area contributed by atoms with E-state index in [-0.39, 0.29) is 24.0 Å². The van der Waals surface area contributed by atoms with Gasteiger partial charge in [-0.25, -0.2) is 0 Å². The van der Waals surface area contributed by atoms with Crippen molar-refractivity contribution in [2.24, 2.45) is 0 Å². The van der Waals surface area contributed by atoms with Crippen molar-refractivity contribution in [2.75, 3.05) is 19.6 Å². The zero-order chi connectivity index (χ0) is 10.6. The van der Waals surface area contributed by atoms with Crippen LogP contribution in [0.3, 0.4) is 0 Å². The first-order chi connectivity index (χ1) is 6.59. The summed E-state index contributed by atoms with van der Waals surface area (Å²) >= 11 is 0. The molecule has 1 heterocycles. The maximum absolute atomic E-state index is 11.4. The summed E-state index contributed by atoms with van der Waals surface area (Å²) in [4.78, 5) is 34.6. The van der Waals surface area contributed by atoms with Gasteiger partial charge in [-0.15, -0.1) is 0 Å². The number of nitrogens with one attached hydrogen (secondary N) is 1. The van der Waals surface area contributed by atoms with Gasteiger partial charge < -0.3 is 10.2 Å². The summed E-state index contributed by atoms with van der Waals surface area (Å²) < 4.78 is 0. The molecule has 2 amide bonds. The molecule has 5 heteroatoms. The van der Waals surface area contributed by atoms with Crippen LogP contribution in [0.4, 0.5) is 0 Å². The third kappa shape index (κ3) is 3.16. The molecule has 1 saturated heterocycles. The van der Waals surface area contributed by atoms with E-state index in [0.717, 1.165) is 0 Å². The quantitative estimate of drug-likeness (QED) is 0.611. The van der Waals surface area contributed by atoms with Crippen molar-refractivity contribution >= 4 is 17.6 Å². The van der Waals surface area contributed by atoms with E-state index in [1.165, 1.54) is 6.92 Å². The molecule has 0 radical (unpaired) electrons. The lowest BCUT2D eigenvalue weighted by Crippen LogP contribution is -2.33. The molecule has 1 N–H and O–H groups in total. The van der Waals surface area contributed by atoms with Crippen LogP contribution in [0, 0.1) is 0 Å². The molecule has 0 saturated carbocycles. The molecule has 5 nitrogen and oxygen atoms in total. The summed E-state index contributed by atoms with van der Waals surface area (Å²) in [6.45, 7) is 2.88. The Morgan fingerprint density at radius 3 is 2.86 bits per heavy atom. The molecule has 0 bridgehead atoms. The second kappa shape index (κ2) is 4.74. The lowest BCUT2D eigenvalue weighted by molar-refractivity contribution is -0.134. The van der Waals surface area contributed by atoms with Crippen LogP contribution in [0.5, 0.6) is 0 Å². The summed E-state index contributed by atoms with van der Waals surface area (Å²) in [6.07, 6.45) is 0.262. The van der Waals surface area contributed by atoms with Crippen molar-refractivity contribution in [3.05, 3.63) is 0 Å². The van der Waals surface area contributed by atoms with Gasteiger partial charge in [0, 0.05) is 26.1 Å². The maximum atomic E-state index is 11.4. The second-order valence-electron chi connectivity index (χ2n) is 3.36. The molecule has 0 aromatic rings. The lowest BCUT2D eigenvalue weighted by atomic mass is 10.3. The molecule has 14 heavy (non-hydrogen) atoms. The highest BCUT2D eigenvalue weighted by atomic mass is 16.2. The Morgan fingerprint density at radius 2 is 2.21 bits per heavy atom. The van der Waals surface area contributed by atoms with Gasteiger partial charge in [0.1, 0.15) is 12.2 Å². The first-order valence-electron chi connectivity index (χ1n) is 4.63. The monoisotopic (exact) mass is 198 g/mol. The van der Waals surface area contributed by atoms with Crippen molar-refractivity contribution < 1.29 is 14.4 Å². The number of carbonyl (C=O) groups excluding carboxylic acids is 3. The second-order valence-corrected chi connectivity index (χ2v) is 3.36. The largest absolute Gasteiger partial charge is 0.354 e. The summed E-state index contributed by atoms with van der Waals surface area (Å²) in [5.74, 6) is -0.372. The smallest absolute Gasteiger partial charge is 0.232 e. The van der Waals surface area contributed by atoms with E-state index in [1.54, 1.807) is 4.90 Å². The highest BCUT2D eigenvalue weighted by Crippen LogP contribution is 2.00. The third-order valence-electron chi connectivity index (χ3n) is 2.10. The normalized spacial score (nSPS) is 17.6. The van der Waals surface area contributed by atoms with Crippen LogP contribution in [-0.2, 0) is 14.4 Å². The Morgan fingerprint density at radius 1 is 1.50 bits per heavy atom. The predicted molar refractivity (Wildman–Crippen MR) is 49.5 cm³/mol. The van der Waals surface area contributed by atoms with Crippen LogP contribution in [0.15, 0.2) is 0 Å². The van der Waals surface area contributed by atoms with Crippen molar-refractivity contribution in [1.29, 1.82) is 0 Å². The van der Waals surface area contributed by atoms with Crippen LogP contribution in [0.1, 0.15) is 19.8 Å². The fourth-order valence-corrected chi connectivity index (χ4v) is 1.30. The molecular weight excluding hydrogens is 184 g/mol. The summed E-state index contributed by atoms with van der Waals surface area (Å²) in [6, 6.07) is 0. The minimum atomic E-state index is -0.236. The molecule has 1 fully saturated rings. The Labute approximate surface area is 82.4 Å². The molecular formula is C9H14N2O3. The lowest BCUT2D eigenvalue weighted by Gasteiger charge is -2.18. The molecule has 1 rings (SSSR count). The zero-order valence-electron chi connectivity index (χ0n) is 8.21. The molecule has 0 atom stereocenters. The van der Waals surface area contributed by atoms with E-state index in [0.29, 0.717) is 26.1 Å². The van der Waals surface area contributed by atoms with Crippen LogP contribution >= 0.6 is 0 Å². The molecule has 0 unspecified atom stereocenters. The van der Waals surface area contributed by atoms with Crippen LogP contribution in [-0.4, -0.2) is 42.1 Å². The Hall–Kier alpha value is -1.39. The van der Waals surface area contributed by atoms with E-state index in [9.17, 15) is 14.4 Å².